The molecule has 2 aromatic rings. The van der Waals surface area contributed by atoms with Crippen LogP contribution in [-0.2, 0) is 0 Å². The van der Waals surface area contributed by atoms with E-state index < -0.39 is 0 Å². The van der Waals surface area contributed by atoms with Gasteiger partial charge in [0.05, 0.1) is 12.3 Å². The Morgan fingerprint density at radius 1 is 1.50 bits per heavy atom. The molecule has 1 amide bonds. The summed E-state index contributed by atoms with van der Waals surface area (Å²) in [4.78, 5) is 15.9. The monoisotopic (exact) mass is 247 g/mol. The maximum absolute atomic E-state index is 11.8. The van der Waals surface area contributed by atoms with Crippen molar-refractivity contribution >= 4 is 11.6 Å². The molecule has 0 radical (unpaired) electrons. The van der Waals surface area contributed by atoms with Gasteiger partial charge in [0, 0.05) is 6.20 Å². The van der Waals surface area contributed by atoms with Gasteiger partial charge in [0.15, 0.2) is 5.69 Å². The number of carbonyl (C=O) groups excluding carboxylic acids is 1. The molecule has 0 spiro atoms. The quantitative estimate of drug-likeness (QED) is 0.847. The molecule has 0 aliphatic rings. The van der Waals surface area contributed by atoms with Crippen LogP contribution in [0, 0.1) is 0 Å². The van der Waals surface area contributed by atoms with Crippen molar-refractivity contribution in [2.75, 3.05) is 5.32 Å². The van der Waals surface area contributed by atoms with Crippen molar-refractivity contribution in [3.05, 3.63) is 30.2 Å². The number of H-pyrrole nitrogens is 1. The Hall–Kier alpha value is -2.44. The molecule has 2 aromatic heterocycles. The van der Waals surface area contributed by atoms with E-state index in [0.29, 0.717) is 11.6 Å². The third kappa shape index (κ3) is 2.82. The number of aromatic nitrogens is 4. The number of carbonyl (C=O) groups is 1. The molecule has 2 N–H and O–H groups in total. The number of pyridine rings is 1. The van der Waals surface area contributed by atoms with Crippen LogP contribution in [0.1, 0.15) is 24.3 Å². The van der Waals surface area contributed by atoms with E-state index in [4.69, 9.17) is 4.74 Å². The number of nitrogens with one attached hydrogen (secondary N) is 2. The number of hydrogen-bond donors (Lipinski definition) is 2. The van der Waals surface area contributed by atoms with E-state index in [-0.39, 0.29) is 17.7 Å². The standard InChI is InChI=1S/C11H13N5O2/c1-7(2)18-11-8(4-3-5-12-11)14-10(17)9-6-13-16-15-9/h3-7H,1-2H3,(H,14,17)(H,13,15,16). The summed E-state index contributed by atoms with van der Waals surface area (Å²) in [6.07, 6.45) is 2.92. The molecule has 0 saturated carbocycles. The summed E-state index contributed by atoms with van der Waals surface area (Å²) in [5.41, 5.74) is 0.702. The molecular formula is C11H13N5O2. The lowest BCUT2D eigenvalue weighted by Crippen LogP contribution is -2.15. The normalized spacial score (nSPS) is 10.4. The molecule has 0 fully saturated rings. The summed E-state index contributed by atoms with van der Waals surface area (Å²) in [6, 6.07) is 3.42. The minimum absolute atomic E-state index is 0.0254. The van der Waals surface area contributed by atoms with Crippen molar-refractivity contribution in [1.82, 2.24) is 20.4 Å². The van der Waals surface area contributed by atoms with Gasteiger partial charge in [0.1, 0.15) is 5.69 Å². The minimum atomic E-state index is -0.370. The molecule has 0 saturated heterocycles. The Bertz CT molecular complexity index is 524. The Kier molecular flexibility index (Phi) is 3.52. The molecule has 7 nitrogen and oxygen atoms in total. The topological polar surface area (TPSA) is 92.8 Å². The fraction of sp³-hybridized carbons (Fsp3) is 0.273. The molecular weight excluding hydrogens is 234 g/mol. The predicted molar refractivity (Wildman–Crippen MR) is 64.3 cm³/mol. The van der Waals surface area contributed by atoms with Crippen LogP contribution in [0.3, 0.4) is 0 Å². The van der Waals surface area contributed by atoms with Crippen molar-refractivity contribution in [2.24, 2.45) is 0 Å². The number of ether oxygens (including phenoxy) is 1. The highest BCUT2D eigenvalue weighted by Crippen LogP contribution is 2.22. The van der Waals surface area contributed by atoms with Gasteiger partial charge in [0.2, 0.25) is 5.88 Å². The SMILES string of the molecule is CC(C)Oc1ncccc1NC(=O)c1cn[nH]n1. The van der Waals surface area contributed by atoms with Gasteiger partial charge in [0.25, 0.3) is 5.91 Å². The Morgan fingerprint density at radius 2 is 2.33 bits per heavy atom. The zero-order chi connectivity index (χ0) is 13.0. The van der Waals surface area contributed by atoms with Gasteiger partial charge >= 0.3 is 0 Å². The highest BCUT2D eigenvalue weighted by Gasteiger charge is 2.13. The lowest BCUT2D eigenvalue weighted by atomic mass is 10.3. The maximum Gasteiger partial charge on any atom is 0.277 e. The van der Waals surface area contributed by atoms with E-state index >= 15 is 0 Å². The van der Waals surface area contributed by atoms with Gasteiger partial charge in [-0.1, -0.05) is 0 Å². The Morgan fingerprint density at radius 3 is 3.00 bits per heavy atom. The third-order valence-corrected chi connectivity index (χ3v) is 2.01. The molecule has 0 aromatic carbocycles. The summed E-state index contributed by atoms with van der Waals surface area (Å²) in [7, 11) is 0. The molecule has 0 atom stereocenters. The van der Waals surface area contributed by atoms with E-state index in [2.05, 4.69) is 25.7 Å². The van der Waals surface area contributed by atoms with Gasteiger partial charge in [-0.15, -0.1) is 0 Å². The number of anilines is 1. The van der Waals surface area contributed by atoms with E-state index in [1.165, 1.54) is 6.20 Å². The van der Waals surface area contributed by atoms with Crippen LogP contribution in [-0.4, -0.2) is 32.4 Å². The molecule has 2 heterocycles. The van der Waals surface area contributed by atoms with Crippen LogP contribution in [0.15, 0.2) is 24.5 Å². The van der Waals surface area contributed by atoms with Crippen molar-refractivity contribution in [3.63, 3.8) is 0 Å². The van der Waals surface area contributed by atoms with Crippen LogP contribution in [0.2, 0.25) is 0 Å². The fourth-order valence-electron chi connectivity index (χ4n) is 1.30. The molecule has 0 bridgehead atoms. The number of hydrogen-bond acceptors (Lipinski definition) is 5. The van der Waals surface area contributed by atoms with E-state index in [1.807, 2.05) is 13.8 Å². The second-order valence-electron chi connectivity index (χ2n) is 3.83. The smallest absolute Gasteiger partial charge is 0.277 e. The summed E-state index contributed by atoms with van der Waals surface area (Å²) in [5.74, 6) is 0.00898. The van der Waals surface area contributed by atoms with Gasteiger partial charge < -0.3 is 10.1 Å². The van der Waals surface area contributed by atoms with Gasteiger partial charge in [-0.3, -0.25) is 4.79 Å². The van der Waals surface area contributed by atoms with Crippen LogP contribution in [0.25, 0.3) is 0 Å². The third-order valence-electron chi connectivity index (χ3n) is 2.01. The van der Waals surface area contributed by atoms with Crippen LogP contribution >= 0.6 is 0 Å². The first kappa shape index (κ1) is 12.0. The zero-order valence-electron chi connectivity index (χ0n) is 10.0. The molecule has 0 aliphatic heterocycles. The molecule has 94 valence electrons. The van der Waals surface area contributed by atoms with Crippen molar-refractivity contribution < 1.29 is 9.53 Å². The first-order valence-electron chi connectivity index (χ1n) is 5.45. The Balaban J connectivity index is 2.16. The number of aromatic amines is 1. The Labute approximate surface area is 104 Å². The maximum atomic E-state index is 11.8. The zero-order valence-corrected chi connectivity index (χ0v) is 10.0. The molecule has 18 heavy (non-hydrogen) atoms. The van der Waals surface area contributed by atoms with Crippen molar-refractivity contribution in [1.29, 1.82) is 0 Å². The largest absolute Gasteiger partial charge is 0.473 e. The van der Waals surface area contributed by atoms with Gasteiger partial charge in [-0.2, -0.15) is 15.4 Å². The van der Waals surface area contributed by atoms with Crippen LogP contribution in [0.5, 0.6) is 5.88 Å². The van der Waals surface area contributed by atoms with Gasteiger partial charge in [-0.05, 0) is 26.0 Å². The van der Waals surface area contributed by atoms with Crippen molar-refractivity contribution in [2.45, 2.75) is 20.0 Å². The van der Waals surface area contributed by atoms with Crippen molar-refractivity contribution in [3.8, 4) is 5.88 Å². The van der Waals surface area contributed by atoms with Gasteiger partial charge in [-0.25, -0.2) is 4.98 Å². The second kappa shape index (κ2) is 5.26. The highest BCUT2D eigenvalue weighted by molar-refractivity contribution is 6.03. The van der Waals surface area contributed by atoms with Crippen LogP contribution < -0.4 is 10.1 Å². The van der Waals surface area contributed by atoms with E-state index in [1.54, 1.807) is 18.3 Å². The minimum Gasteiger partial charge on any atom is -0.473 e. The average molecular weight is 247 g/mol. The number of amides is 1. The van der Waals surface area contributed by atoms with Crippen LogP contribution in [0.4, 0.5) is 5.69 Å². The van der Waals surface area contributed by atoms with E-state index in [9.17, 15) is 4.79 Å². The molecule has 2 rings (SSSR count). The molecule has 0 unspecified atom stereocenters. The fourth-order valence-corrected chi connectivity index (χ4v) is 1.30. The lowest BCUT2D eigenvalue weighted by molar-refractivity contribution is 0.102. The number of rotatable bonds is 4. The first-order chi connectivity index (χ1) is 8.66. The first-order valence-corrected chi connectivity index (χ1v) is 5.45. The predicted octanol–water partition coefficient (Wildman–Crippen LogP) is 1.24. The molecule has 7 heteroatoms. The summed E-state index contributed by atoms with van der Waals surface area (Å²) in [6.45, 7) is 3.77. The lowest BCUT2D eigenvalue weighted by Gasteiger charge is -2.12. The highest BCUT2D eigenvalue weighted by atomic mass is 16.5. The number of nitrogens with zero attached hydrogens (tertiary/aromatic N) is 3. The van der Waals surface area contributed by atoms with E-state index in [0.717, 1.165) is 0 Å². The summed E-state index contributed by atoms with van der Waals surface area (Å²) in [5, 5.41) is 12.3. The summed E-state index contributed by atoms with van der Waals surface area (Å²) >= 11 is 0. The average Bonchev–Trinajstić information content (AvgIpc) is 2.84. The second-order valence-corrected chi connectivity index (χ2v) is 3.83. The molecule has 0 aliphatic carbocycles. The summed E-state index contributed by atoms with van der Waals surface area (Å²) < 4.78 is 5.49.